The van der Waals surface area contributed by atoms with Gasteiger partial charge in [-0.3, -0.25) is 4.79 Å². The van der Waals surface area contributed by atoms with Crippen molar-refractivity contribution in [1.82, 2.24) is 4.90 Å². The quantitative estimate of drug-likeness (QED) is 0.275. The van der Waals surface area contributed by atoms with Crippen molar-refractivity contribution in [3.05, 3.63) is 126 Å². The van der Waals surface area contributed by atoms with Gasteiger partial charge in [0, 0.05) is 5.56 Å². The Balaban J connectivity index is 1.37. The van der Waals surface area contributed by atoms with Crippen LogP contribution in [0.1, 0.15) is 30.5 Å². The molecule has 1 heterocycles. The van der Waals surface area contributed by atoms with E-state index in [4.69, 9.17) is 4.74 Å². The molecule has 0 atom stereocenters. The fraction of sp³-hybridized carbons (Fsp3) is 0.161. The number of carbonyl (C=O) groups excluding carboxylic acids is 2. The van der Waals surface area contributed by atoms with Crippen LogP contribution in [-0.2, 0) is 17.8 Å². The van der Waals surface area contributed by atoms with Gasteiger partial charge >= 0.3 is 6.03 Å². The number of hydrogen-bond donors (Lipinski definition) is 0. The van der Waals surface area contributed by atoms with Crippen molar-refractivity contribution >= 4 is 17.6 Å². The van der Waals surface area contributed by atoms with Crippen LogP contribution in [0.2, 0.25) is 0 Å². The highest BCUT2D eigenvalue weighted by atomic mass is 16.5. The minimum atomic E-state index is -1.00. The summed E-state index contributed by atoms with van der Waals surface area (Å²) in [6.45, 7) is 3.83. The first-order chi connectivity index (χ1) is 17.4. The molecule has 0 spiro atoms. The van der Waals surface area contributed by atoms with Crippen LogP contribution in [0.5, 0.6) is 11.5 Å². The van der Waals surface area contributed by atoms with Crippen molar-refractivity contribution < 1.29 is 14.3 Å². The predicted octanol–water partition coefficient (Wildman–Crippen LogP) is 6.82. The standard InChI is InChI=1S/C31H28N2O3/c1-31(2)29(34)33(26-19-17-24(18-20-26)21-23-11-5-3-6-12-23)30(35)32(31)22-25-13-9-10-16-28(25)36-27-14-7-4-8-15-27/h3-20H,21-22H2,1-2H3. The second-order valence-corrected chi connectivity index (χ2v) is 9.42. The van der Waals surface area contributed by atoms with E-state index in [1.165, 1.54) is 10.5 Å². The summed E-state index contributed by atoms with van der Waals surface area (Å²) in [5, 5.41) is 0. The van der Waals surface area contributed by atoms with Gasteiger partial charge in [0.1, 0.15) is 17.0 Å². The molecule has 36 heavy (non-hydrogen) atoms. The van der Waals surface area contributed by atoms with E-state index in [1.807, 2.05) is 97.1 Å². The van der Waals surface area contributed by atoms with Crippen LogP contribution >= 0.6 is 0 Å². The molecule has 5 heteroatoms. The molecule has 1 fully saturated rings. The van der Waals surface area contributed by atoms with E-state index in [2.05, 4.69) is 12.1 Å². The smallest absolute Gasteiger partial charge is 0.332 e. The number of carbonyl (C=O) groups is 2. The highest BCUT2D eigenvalue weighted by Crippen LogP contribution is 2.35. The molecule has 3 amide bonds. The van der Waals surface area contributed by atoms with Gasteiger partial charge in [-0.2, -0.15) is 0 Å². The molecule has 1 aliphatic rings. The molecule has 0 saturated carbocycles. The zero-order valence-electron chi connectivity index (χ0n) is 20.4. The molecular formula is C31H28N2O3. The van der Waals surface area contributed by atoms with E-state index in [-0.39, 0.29) is 18.5 Å². The Morgan fingerprint density at radius 1 is 0.694 bits per heavy atom. The zero-order chi connectivity index (χ0) is 25.1. The van der Waals surface area contributed by atoms with Crippen molar-refractivity contribution in [3.8, 4) is 11.5 Å². The highest BCUT2D eigenvalue weighted by molar-refractivity contribution is 6.22. The first kappa shape index (κ1) is 23.4. The normalized spacial score (nSPS) is 14.8. The molecule has 0 unspecified atom stereocenters. The van der Waals surface area contributed by atoms with Gasteiger partial charge in [0.25, 0.3) is 5.91 Å². The van der Waals surface area contributed by atoms with Gasteiger partial charge in [-0.05, 0) is 61.7 Å². The first-order valence-electron chi connectivity index (χ1n) is 12.0. The Hall–Kier alpha value is -4.38. The average Bonchev–Trinajstić information content (AvgIpc) is 3.06. The Morgan fingerprint density at radius 3 is 1.97 bits per heavy atom. The molecule has 5 rings (SSSR count). The Kier molecular flexibility index (Phi) is 6.30. The lowest BCUT2D eigenvalue weighted by molar-refractivity contribution is -0.123. The summed E-state index contributed by atoms with van der Waals surface area (Å²) in [6.07, 6.45) is 0.791. The summed E-state index contributed by atoms with van der Waals surface area (Å²) in [7, 11) is 0. The summed E-state index contributed by atoms with van der Waals surface area (Å²) in [6, 6.07) is 34.6. The molecule has 4 aromatic carbocycles. The fourth-order valence-corrected chi connectivity index (χ4v) is 4.44. The molecule has 1 saturated heterocycles. The van der Waals surface area contributed by atoms with E-state index < -0.39 is 5.54 Å². The number of imide groups is 1. The second-order valence-electron chi connectivity index (χ2n) is 9.42. The van der Waals surface area contributed by atoms with Gasteiger partial charge in [0.15, 0.2) is 0 Å². The van der Waals surface area contributed by atoms with Crippen LogP contribution in [-0.4, -0.2) is 22.4 Å². The third-order valence-electron chi connectivity index (χ3n) is 6.54. The van der Waals surface area contributed by atoms with Gasteiger partial charge in [0.2, 0.25) is 0 Å². The van der Waals surface area contributed by atoms with Gasteiger partial charge < -0.3 is 9.64 Å². The number of urea groups is 1. The summed E-state index contributed by atoms with van der Waals surface area (Å²) >= 11 is 0. The van der Waals surface area contributed by atoms with Crippen LogP contribution in [0.3, 0.4) is 0 Å². The number of ether oxygens (including phenoxy) is 1. The maximum atomic E-state index is 13.6. The summed E-state index contributed by atoms with van der Waals surface area (Å²) in [5.41, 5.74) is 2.73. The average molecular weight is 477 g/mol. The van der Waals surface area contributed by atoms with Crippen molar-refractivity contribution in [2.24, 2.45) is 0 Å². The Labute approximate surface area is 211 Å². The maximum absolute atomic E-state index is 13.6. The van der Waals surface area contributed by atoms with Crippen LogP contribution in [0.4, 0.5) is 10.5 Å². The molecule has 5 nitrogen and oxygen atoms in total. The Morgan fingerprint density at radius 2 is 1.28 bits per heavy atom. The minimum absolute atomic E-state index is 0.246. The van der Waals surface area contributed by atoms with Crippen LogP contribution in [0.15, 0.2) is 109 Å². The van der Waals surface area contributed by atoms with Crippen molar-refractivity contribution in [1.29, 1.82) is 0 Å². The third-order valence-corrected chi connectivity index (χ3v) is 6.54. The number of para-hydroxylation sites is 2. The minimum Gasteiger partial charge on any atom is -0.457 e. The van der Waals surface area contributed by atoms with Gasteiger partial charge in [-0.15, -0.1) is 0 Å². The lowest BCUT2D eigenvalue weighted by Gasteiger charge is -2.28. The number of amides is 3. The Bertz CT molecular complexity index is 1370. The summed E-state index contributed by atoms with van der Waals surface area (Å²) in [5.74, 6) is 1.12. The van der Waals surface area contributed by atoms with Crippen LogP contribution < -0.4 is 9.64 Å². The molecule has 4 aromatic rings. The summed E-state index contributed by atoms with van der Waals surface area (Å²) < 4.78 is 6.09. The van der Waals surface area contributed by atoms with Gasteiger partial charge in [0.05, 0.1) is 12.2 Å². The van der Waals surface area contributed by atoms with Crippen molar-refractivity contribution in [2.75, 3.05) is 4.90 Å². The zero-order valence-corrected chi connectivity index (χ0v) is 20.4. The molecule has 1 aliphatic heterocycles. The molecule has 0 aliphatic carbocycles. The molecule has 180 valence electrons. The van der Waals surface area contributed by atoms with Gasteiger partial charge in [-0.25, -0.2) is 9.69 Å². The number of nitrogens with zero attached hydrogens (tertiary/aromatic N) is 2. The molecule has 0 radical (unpaired) electrons. The SMILES string of the molecule is CC1(C)C(=O)N(c2ccc(Cc3ccccc3)cc2)C(=O)N1Cc1ccccc1Oc1ccccc1. The molecule has 0 bridgehead atoms. The predicted molar refractivity (Wildman–Crippen MR) is 141 cm³/mol. The number of anilines is 1. The number of benzene rings is 4. The van der Waals surface area contributed by atoms with E-state index >= 15 is 0 Å². The van der Waals surface area contributed by atoms with Gasteiger partial charge in [-0.1, -0.05) is 78.9 Å². The lowest BCUT2D eigenvalue weighted by Crippen LogP contribution is -2.43. The van der Waals surface area contributed by atoms with E-state index in [9.17, 15) is 9.59 Å². The van der Waals surface area contributed by atoms with Crippen LogP contribution in [0.25, 0.3) is 0 Å². The largest absolute Gasteiger partial charge is 0.457 e. The van der Waals surface area contributed by atoms with Crippen molar-refractivity contribution in [2.45, 2.75) is 32.4 Å². The third kappa shape index (κ3) is 4.60. The first-order valence-corrected chi connectivity index (χ1v) is 12.0. The second kappa shape index (κ2) is 9.70. The van der Waals surface area contributed by atoms with E-state index in [0.717, 1.165) is 17.5 Å². The lowest BCUT2D eigenvalue weighted by atomic mass is 10.0. The van der Waals surface area contributed by atoms with E-state index in [0.29, 0.717) is 17.2 Å². The van der Waals surface area contributed by atoms with E-state index in [1.54, 1.807) is 18.7 Å². The number of hydrogen-bond acceptors (Lipinski definition) is 3. The molecular weight excluding hydrogens is 448 g/mol. The molecule has 0 N–H and O–H groups in total. The van der Waals surface area contributed by atoms with Crippen LogP contribution in [0, 0.1) is 0 Å². The number of rotatable bonds is 7. The van der Waals surface area contributed by atoms with Crippen molar-refractivity contribution in [3.63, 3.8) is 0 Å². The fourth-order valence-electron chi connectivity index (χ4n) is 4.44. The molecule has 0 aromatic heterocycles. The highest BCUT2D eigenvalue weighted by Gasteiger charge is 2.51. The summed E-state index contributed by atoms with van der Waals surface area (Å²) in [4.78, 5) is 29.9. The topological polar surface area (TPSA) is 49.9 Å². The monoisotopic (exact) mass is 476 g/mol. The maximum Gasteiger partial charge on any atom is 0.332 e.